The number of carbonyl (C=O) groups is 2. The molecule has 2 N–H and O–H groups in total. The topological polar surface area (TPSA) is 83.8 Å². The Balaban J connectivity index is 2.05. The SMILES string of the molecule is CC(=O)CC1=C[C@H](O)[C@@]23C[C@@H]2C(C)(C)O[C@@]3(O)C1=O. The van der Waals surface area contributed by atoms with Gasteiger partial charge in [-0.1, -0.05) is 0 Å². The van der Waals surface area contributed by atoms with Gasteiger partial charge in [0.05, 0.1) is 17.1 Å². The van der Waals surface area contributed by atoms with Gasteiger partial charge in [-0.3, -0.25) is 9.59 Å². The van der Waals surface area contributed by atoms with Crippen LogP contribution in [0.5, 0.6) is 0 Å². The summed E-state index contributed by atoms with van der Waals surface area (Å²) < 4.78 is 5.58. The predicted octanol–water partition coefficient (Wildman–Crippen LogP) is 0.339. The smallest absolute Gasteiger partial charge is 0.240 e. The summed E-state index contributed by atoms with van der Waals surface area (Å²) in [5, 5.41) is 21.0. The number of ketones is 2. The van der Waals surface area contributed by atoms with Gasteiger partial charge < -0.3 is 14.9 Å². The minimum Gasteiger partial charge on any atom is -0.388 e. The van der Waals surface area contributed by atoms with E-state index in [9.17, 15) is 19.8 Å². The standard InChI is InChI=1S/C14H18O5/c1-7(15)4-8-5-10(16)13-6-9(13)12(2,3)19-14(13,18)11(8)17/h5,9-10,16,18H,4,6H2,1-3H3/t9-,10+,13-,14+/m1/s1. The second-order valence-corrected chi connectivity index (χ2v) is 6.49. The van der Waals surface area contributed by atoms with E-state index in [0.717, 1.165) is 0 Å². The minimum absolute atomic E-state index is 0.0425. The van der Waals surface area contributed by atoms with Crippen molar-refractivity contribution in [3.8, 4) is 0 Å². The van der Waals surface area contributed by atoms with Gasteiger partial charge in [0, 0.05) is 17.9 Å². The molecule has 5 nitrogen and oxygen atoms in total. The summed E-state index contributed by atoms with van der Waals surface area (Å²) in [5.74, 6) is -2.78. The van der Waals surface area contributed by atoms with Gasteiger partial charge in [-0.15, -0.1) is 0 Å². The fraction of sp³-hybridized carbons (Fsp3) is 0.714. The zero-order chi connectivity index (χ0) is 14.2. The molecule has 2 fully saturated rings. The van der Waals surface area contributed by atoms with Crippen molar-refractivity contribution < 1.29 is 24.5 Å². The van der Waals surface area contributed by atoms with Gasteiger partial charge in [0.15, 0.2) is 0 Å². The van der Waals surface area contributed by atoms with Crippen molar-refractivity contribution in [2.24, 2.45) is 11.3 Å². The van der Waals surface area contributed by atoms with Gasteiger partial charge in [-0.05, 0) is 33.3 Å². The summed E-state index contributed by atoms with van der Waals surface area (Å²) in [6, 6.07) is 0. The average Bonchev–Trinajstić information content (AvgIpc) is 2.97. The molecule has 1 aliphatic heterocycles. The highest BCUT2D eigenvalue weighted by atomic mass is 16.7. The maximum atomic E-state index is 12.4. The number of ether oxygens (including phenoxy) is 1. The Kier molecular flexibility index (Phi) is 2.28. The Bertz CT molecular complexity index is 520. The number of carbonyl (C=O) groups excluding carboxylic acids is 2. The van der Waals surface area contributed by atoms with Crippen molar-refractivity contribution in [2.45, 2.75) is 51.1 Å². The van der Waals surface area contributed by atoms with Gasteiger partial charge in [-0.2, -0.15) is 0 Å². The zero-order valence-electron chi connectivity index (χ0n) is 11.3. The van der Waals surface area contributed by atoms with E-state index in [2.05, 4.69) is 0 Å². The molecule has 19 heavy (non-hydrogen) atoms. The van der Waals surface area contributed by atoms with Gasteiger partial charge in [0.2, 0.25) is 11.6 Å². The maximum Gasteiger partial charge on any atom is 0.240 e. The number of rotatable bonds is 2. The summed E-state index contributed by atoms with van der Waals surface area (Å²) in [6.07, 6.45) is 0.954. The molecule has 0 aromatic heterocycles. The molecule has 4 atom stereocenters. The maximum absolute atomic E-state index is 12.4. The Morgan fingerprint density at radius 2 is 2.16 bits per heavy atom. The molecule has 0 unspecified atom stereocenters. The van der Waals surface area contributed by atoms with Crippen LogP contribution in [0.25, 0.3) is 0 Å². The number of aliphatic hydroxyl groups excluding tert-OH is 1. The van der Waals surface area contributed by atoms with E-state index in [4.69, 9.17) is 4.74 Å². The highest BCUT2D eigenvalue weighted by Gasteiger charge is 2.84. The lowest BCUT2D eigenvalue weighted by Gasteiger charge is -2.38. The van der Waals surface area contributed by atoms with Crippen LogP contribution in [-0.4, -0.2) is 39.3 Å². The molecular weight excluding hydrogens is 248 g/mol. The monoisotopic (exact) mass is 266 g/mol. The highest BCUT2D eigenvalue weighted by Crippen LogP contribution is 2.74. The van der Waals surface area contributed by atoms with Crippen molar-refractivity contribution in [3.05, 3.63) is 11.6 Å². The van der Waals surface area contributed by atoms with Crippen molar-refractivity contribution in [2.75, 3.05) is 0 Å². The Labute approximate surface area is 111 Å². The van der Waals surface area contributed by atoms with Crippen LogP contribution < -0.4 is 0 Å². The third kappa shape index (κ3) is 1.35. The van der Waals surface area contributed by atoms with Crippen molar-refractivity contribution in [1.82, 2.24) is 0 Å². The normalized spacial score (nSPS) is 46.4. The van der Waals surface area contributed by atoms with Gasteiger partial charge in [0.25, 0.3) is 0 Å². The molecular formula is C14H18O5. The molecule has 1 saturated heterocycles. The van der Waals surface area contributed by atoms with E-state index in [1.165, 1.54) is 13.0 Å². The van der Waals surface area contributed by atoms with Gasteiger partial charge >= 0.3 is 0 Å². The lowest BCUT2D eigenvalue weighted by atomic mass is 9.75. The number of hydrogen-bond acceptors (Lipinski definition) is 5. The molecule has 1 heterocycles. The Morgan fingerprint density at radius 3 is 2.68 bits per heavy atom. The summed E-state index contributed by atoms with van der Waals surface area (Å²) in [4.78, 5) is 23.6. The fourth-order valence-electron chi connectivity index (χ4n) is 3.89. The molecule has 0 aromatic carbocycles. The largest absolute Gasteiger partial charge is 0.388 e. The van der Waals surface area contributed by atoms with E-state index < -0.39 is 28.7 Å². The summed E-state index contributed by atoms with van der Waals surface area (Å²) >= 11 is 0. The van der Waals surface area contributed by atoms with E-state index in [-0.39, 0.29) is 23.7 Å². The first-order valence-electron chi connectivity index (χ1n) is 6.51. The first-order valence-corrected chi connectivity index (χ1v) is 6.51. The molecule has 3 rings (SSSR count). The first kappa shape index (κ1) is 13.0. The van der Waals surface area contributed by atoms with E-state index >= 15 is 0 Å². The number of Topliss-reactive ketones (excluding diaryl/α,β-unsaturated/α-hetero) is 2. The van der Waals surface area contributed by atoms with E-state index in [1.807, 2.05) is 13.8 Å². The molecule has 1 saturated carbocycles. The van der Waals surface area contributed by atoms with Crippen LogP contribution in [0.1, 0.15) is 33.6 Å². The molecule has 3 aliphatic rings. The third-order valence-electron chi connectivity index (χ3n) is 4.81. The zero-order valence-corrected chi connectivity index (χ0v) is 11.3. The van der Waals surface area contributed by atoms with Crippen LogP contribution in [0.15, 0.2) is 11.6 Å². The molecule has 5 heteroatoms. The van der Waals surface area contributed by atoms with Crippen LogP contribution in [0, 0.1) is 11.3 Å². The molecule has 0 aromatic rings. The summed E-state index contributed by atoms with van der Waals surface area (Å²) in [7, 11) is 0. The minimum atomic E-state index is -1.99. The lowest BCUT2D eigenvalue weighted by molar-refractivity contribution is -0.250. The Hall–Kier alpha value is -1.04. The predicted molar refractivity (Wildman–Crippen MR) is 65.0 cm³/mol. The fourth-order valence-corrected chi connectivity index (χ4v) is 3.89. The average molecular weight is 266 g/mol. The molecule has 0 bridgehead atoms. The van der Waals surface area contributed by atoms with E-state index in [1.54, 1.807) is 0 Å². The van der Waals surface area contributed by atoms with Crippen LogP contribution in [-0.2, 0) is 14.3 Å². The molecule has 2 aliphatic carbocycles. The summed E-state index contributed by atoms with van der Waals surface area (Å²) in [6.45, 7) is 5.00. The Morgan fingerprint density at radius 1 is 1.53 bits per heavy atom. The molecule has 0 amide bonds. The van der Waals surface area contributed by atoms with Gasteiger partial charge in [-0.25, -0.2) is 0 Å². The summed E-state index contributed by atoms with van der Waals surface area (Å²) in [5.41, 5.74) is -1.42. The second-order valence-electron chi connectivity index (χ2n) is 6.49. The third-order valence-corrected chi connectivity index (χ3v) is 4.81. The van der Waals surface area contributed by atoms with Crippen LogP contribution >= 0.6 is 0 Å². The molecule has 0 radical (unpaired) electrons. The molecule has 1 spiro atoms. The van der Waals surface area contributed by atoms with Crippen molar-refractivity contribution in [1.29, 1.82) is 0 Å². The highest BCUT2D eigenvalue weighted by molar-refractivity contribution is 6.06. The van der Waals surface area contributed by atoms with Crippen LogP contribution in [0.2, 0.25) is 0 Å². The number of hydrogen-bond donors (Lipinski definition) is 2. The van der Waals surface area contributed by atoms with Gasteiger partial charge in [0.1, 0.15) is 5.78 Å². The first-order chi connectivity index (χ1) is 8.65. The van der Waals surface area contributed by atoms with Crippen molar-refractivity contribution >= 4 is 11.6 Å². The lowest BCUT2D eigenvalue weighted by Crippen LogP contribution is -2.56. The molecule has 104 valence electrons. The van der Waals surface area contributed by atoms with E-state index in [0.29, 0.717) is 6.42 Å². The van der Waals surface area contributed by atoms with Crippen LogP contribution in [0.4, 0.5) is 0 Å². The quantitative estimate of drug-likeness (QED) is 0.753. The second kappa shape index (κ2) is 3.34. The number of aliphatic hydroxyl groups is 2. The van der Waals surface area contributed by atoms with Crippen molar-refractivity contribution in [3.63, 3.8) is 0 Å². The van der Waals surface area contributed by atoms with Crippen LogP contribution in [0.3, 0.4) is 0 Å².